The third kappa shape index (κ3) is 3.62. The number of anilines is 1. The number of nitrogens with one attached hydrogen (secondary N) is 1. The smallest absolute Gasteiger partial charge is 0.270 e. The molecule has 1 aliphatic rings. The van der Waals surface area contributed by atoms with Crippen molar-refractivity contribution in [1.82, 2.24) is 5.32 Å². The number of hydrogen-bond donors (Lipinski definition) is 1. The Balaban J connectivity index is 1.97. The minimum atomic E-state index is -0.500. The highest BCUT2D eigenvalue weighted by molar-refractivity contribution is 7.80. The van der Waals surface area contributed by atoms with Crippen LogP contribution in [0.4, 0.5) is 5.69 Å². The van der Waals surface area contributed by atoms with Crippen molar-refractivity contribution in [2.45, 2.75) is 13.3 Å². The second-order valence-electron chi connectivity index (χ2n) is 5.53. The van der Waals surface area contributed by atoms with Gasteiger partial charge < -0.3 is 0 Å². The average molecular weight is 371 g/mol. The van der Waals surface area contributed by atoms with Crippen LogP contribution in [0.2, 0.25) is 5.02 Å². The van der Waals surface area contributed by atoms with Crippen LogP contribution < -0.4 is 10.2 Å². The molecule has 2 aromatic carbocycles. The molecule has 1 N–H and O–H groups in total. The van der Waals surface area contributed by atoms with Crippen LogP contribution in [0.3, 0.4) is 0 Å². The Bertz CT molecular complexity index is 873. The molecule has 4 nitrogen and oxygen atoms in total. The molecule has 0 spiro atoms. The van der Waals surface area contributed by atoms with Crippen LogP contribution in [0.5, 0.6) is 0 Å². The maximum absolute atomic E-state index is 12.8. The van der Waals surface area contributed by atoms with E-state index in [-0.39, 0.29) is 10.7 Å². The Morgan fingerprint density at radius 3 is 2.32 bits per heavy atom. The topological polar surface area (TPSA) is 49.4 Å². The van der Waals surface area contributed by atoms with Crippen molar-refractivity contribution >= 4 is 52.5 Å². The Hall–Kier alpha value is -2.50. The van der Waals surface area contributed by atoms with E-state index >= 15 is 0 Å². The molecule has 126 valence electrons. The van der Waals surface area contributed by atoms with E-state index in [9.17, 15) is 9.59 Å². The van der Waals surface area contributed by atoms with Crippen LogP contribution in [0.1, 0.15) is 18.1 Å². The van der Waals surface area contributed by atoms with Crippen LogP contribution >= 0.6 is 23.8 Å². The number of benzene rings is 2. The summed E-state index contributed by atoms with van der Waals surface area (Å²) in [5.74, 6) is -0.963. The van der Waals surface area contributed by atoms with Crippen LogP contribution in [0, 0.1) is 0 Å². The van der Waals surface area contributed by atoms with Crippen LogP contribution in [0.25, 0.3) is 6.08 Å². The number of nitrogens with zero attached hydrogens (tertiary/aromatic N) is 1. The SMILES string of the molecule is CCc1ccc(/C=C2/C(=O)NC(=S)N(c3ccc(Cl)cc3)C2=O)cc1. The molecule has 0 unspecified atom stereocenters. The van der Waals surface area contributed by atoms with Gasteiger partial charge in [-0.15, -0.1) is 0 Å². The molecule has 1 saturated heterocycles. The predicted molar refractivity (Wildman–Crippen MR) is 103 cm³/mol. The standard InChI is InChI=1S/C19H15ClN2O2S/c1-2-12-3-5-13(6-4-12)11-16-17(23)21-19(25)22(18(16)24)15-9-7-14(20)8-10-15/h3-11H,2H2,1H3,(H,21,23,25)/b16-11-. The number of halogens is 1. The van der Waals surface area contributed by atoms with Gasteiger partial charge in [-0.05, 0) is 60.1 Å². The summed E-state index contributed by atoms with van der Waals surface area (Å²) in [6.45, 7) is 2.07. The molecule has 2 aromatic rings. The molecule has 0 radical (unpaired) electrons. The van der Waals surface area contributed by atoms with Gasteiger partial charge in [-0.25, -0.2) is 0 Å². The molecule has 25 heavy (non-hydrogen) atoms. The largest absolute Gasteiger partial charge is 0.298 e. The van der Waals surface area contributed by atoms with E-state index in [4.69, 9.17) is 23.8 Å². The van der Waals surface area contributed by atoms with E-state index < -0.39 is 11.8 Å². The van der Waals surface area contributed by atoms with E-state index in [2.05, 4.69) is 12.2 Å². The van der Waals surface area contributed by atoms with Crippen molar-refractivity contribution < 1.29 is 9.59 Å². The molecular formula is C19H15ClN2O2S. The number of aryl methyl sites for hydroxylation is 1. The molecule has 0 aromatic heterocycles. The molecule has 6 heteroatoms. The van der Waals surface area contributed by atoms with Crippen molar-refractivity contribution in [2.24, 2.45) is 0 Å². The Morgan fingerprint density at radius 1 is 1.08 bits per heavy atom. The van der Waals surface area contributed by atoms with E-state index in [1.807, 2.05) is 24.3 Å². The van der Waals surface area contributed by atoms with Gasteiger partial charge in [-0.2, -0.15) is 0 Å². The number of carbonyl (C=O) groups excluding carboxylic acids is 2. The summed E-state index contributed by atoms with van der Waals surface area (Å²) in [5, 5.41) is 3.16. The van der Waals surface area contributed by atoms with Crippen LogP contribution in [0.15, 0.2) is 54.1 Å². The number of amides is 2. The van der Waals surface area contributed by atoms with Gasteiger partial charge in [0.05, 0.1) is 5.69 Å². The molecule has 3 rings (SSSR count). The number of hydrogen-bond acceptors (Lipinski definition) is 3. The van der Waals surface area contributed by atoms with E-state index in [0.29, 0.717) is 10.7 Å². The molecule has 0 bridgehead atoms. The summed E-state index contributed by atoms with van der Waals surface area (Å²) in [6, 6.07) is 14.4. The first-order chi connectivity index (χ1) is 12.0. The second-order valence-corrected chi connectivity index (χ2v) is 6.35. The molecule has 1 heterocycles. The van der Waals surface area contributed by atoms with Gasteiger partial charge in [0.15, 0.2) is 5.11 Å². The minimum absolute atomic E-state index is 0.0350. The monoisotopic (exact) mass is 370 g/mol. The van der Waals surface area contributed by atoms with Gasteiger partial charge in [0.1, 0.15) is 5.57 Å². The molecule has 0 atom stereocenters. The summed E-state index contributed by atoms with van der Waals surface area (Å²) in [7, 11) is 0. The predicted octanol–water partition coefficient (Wildman–Crippen LogP) is 3.73. The third-order valence-corrected chi connectivity index (χ3v) is 4.42. The fraction of sp³-hybridized carbons (Fsp3) is 0.105. The Morgan fingerprint density at radius 2 is 1.72 bits per heavy atom. The first-order valence-corrected chi connectivity index (χ1v) is 8.54. The van der Waals surface area contributed by atoms with Crippen molar-refractivity contribution in [2.75, 3.05) is 4.90 Å². The maximum atomic E-state index is 12.8. The third-order valence-electron chi connectivity index (χ3n) is 3.89. The minimum Gasteiger partial charge on any atom is -0.298 e. The van der Waals surface area contributed by atoms with Crippen molar-refractivity contribution in [3.05, 3.63) is 70.3 Å². The number of thiocarbonyl (C=S) groups is 1. The highest BCUT2D eigenvalue weighted by Crippen LogP contribution is 2.23. The Labute approximate surface area is 156 Å². The number of carbonyl (C=O) groups is 2. The first-order valence-electron chi connectivity index (χ1n) is 7.75. The van der Waals surface area contributed by atoms with Crippen LogP contribution in [-0.2, 0) is 16.0 Å². The molecular weight excluding hydrogens is 356 g/mol. The zero-order valence-corrected chi connectivity index (χ0v) is 15.0. The lowest BCUT2D eigenvalue weighted by Gasteiger charge is -2.28. The fourth-order valence-corrected chi connectivity index (χ4v) is 2.91. The highest BCUT2D eigenvalue weighted by Gasteiger charge is 2.34. The molecule has 2 amide bonds. The zero-order chi connectivity index (χ0) is 18.0. The molecule has 1 aliphatic heterocycles. The van der Waals surface area contributed by atoms with E-state index in [1.54, 1.807) is 30.3 Å². The van der Waals surface area contributed by atoms with Gasteiger partial charge >= 0.3 is 0 Å². The van der Waals surface area contributed by atoms with Gasteiger partial charge in [0.2, 0.25) is 0 Å². The van der Waals surface area contributed by atoms with Gasteiger partial charge in [-0.1, -0.05) is 42.8 Å². The van der Waals surface area contributed by atoms with Crippen molar-refractivity contribution in [3.8, 4) is 0 Å². The number of rotatable bonds is 3. The zero-order valence-electron chi connectivity index (χ0n) is 13.5. The molecule has 1 fully saturated rings. The van der Waals surface area contributed by atoms with Crippen molar-refractivity contribution in [1.29, 1.82) is 0 Å². The summed E-state index contributed by atoms with van der Waals surface area (Å²) in [5.41, 5.74) is 2.55. The molecule has 0 saturated carbocycles. The normalized spacial score (nSPS) is 16.3. The summed E-state index contributed by atoms with van der Waals surface area (Å²) >= 11 is 11.0. The summed E-state index contributed by atoms with van der Waals surface area (Å²) in [6.07, 6.45) is 2.50. The fourth-order valence-electron chi connectivity index (χ4n) is 2.50. The summed E-state index contributed by atoms with van der Waals surface area (Å²) in [4.78, 5) is 26.4. The lowest BCUT2D eigenvalue weighted by atomic mass is 10.0. The maximum Gasteiger partial charge on any atom is 0.270 e. The van der Waals surface area contributed by atoms with E-state index in [1.165, 1.54) is 10.5 Å². The van der Waals surface area contributed by atoms with Gasteiger partial charge in [-0.3, -0.25) is 19.8 Å². The lowest BCUT2D eigenvalue weighted by Crippen LogP contribution is -2.54. The average Bonchev–Trinajstić information content (AvgIpc) is 2.60. The first kappa shape index (κ1) is 17.3. The van der Waals surface area contributed by atoms with Gasteiger partial charge in [0.25, 0.3) is 11.8 Å². The van der Waals surface area contributed by atoms with E-state index in [0.717, 1.165) is 12.0 Å². The summed E-state index contributed by atoms with van der Waals surface area (Å²) < 4.78 is 0. The van der Waals surface area contributed by atoms with Crippen LogP contribution in [-0.4, -0.2) is 16.9 Å². The Kier molecular flexibility index (Phi) is 4.97. The molecule has 0 aliphatic carbocycles. The van der Waals surface area contributed by atoms with Gasteiger partial charge in [0, 0.05) is 5.02 Å². The highest BCUT2D eigenvalue weighted by atomic mass is 35.5. The lowest BCUT2D eigenvalue weighted by molar-refractivity contribution is -0.122. The quantitative estimate of drug-likeness (QED) is 0.508. The second kappa shape index (κ2) is 7.17. The van der Waals surface area contributed by atoms with Crippen molar-refractivity contribution in [3.63, 3.8) is 0 Å².